The molecule has 0 atom stereocenters. The Bertz CT molecular complexity index is 167. The van der Waals surface area contributed by atoms with Gasteiger partial charge in [0.2, 0.25) is 5.91 Å². The summed E-state index contributed by atoms with van der Waals surface area (Å²) in [6.45, 7) is 5.96. The van der Waals surface area contributed by atoms with E-state index >= 15 is 0 Å². The Morgan fingerprint density at radius 1 is 1.29 bits per heavy atom. The molecule has 0 saturated carbocycles. The van der Waals surface area contributed by atoms with Gasteiger partial charge in [0.1, 0.15) is 0 Å². The largest absolute Gasteiger partial charge is 0.481 e. The van der Waals surface area contributed by atoms with E-state index in [1.165, 1.54) is 0 Å². The van der Waals surface area contributed by atoms with Crippen molar-refractivity contribution in [2.24, 2.45) is 11.7 Å². The van der Waals surface area contributed by atoms with Crippen molar-refractivity contribution in [3.63, 3.8) is 0 Å². The second kappa shape index (κ2) is 10.0. The summed E-state index contributed by atoms with van der Waals surface area (Å²) in [4.78, 5) is 19.7. The Morgan fingerprint density at radius 3 is 1.86 bits per heavy atom. The van der Waals surface area contributed by atoms with Gasteiger partial charge in [0, 0.05) is 12.8 Å². The lowest BCUT2D eigenvalue weighted by Crippen LogP contribution is -2.08. The molecule has 0 aliphatic rings. The summed E-state index contributed by atoms with van der Waals surface area (Å²) in [6.07, 6.45) is 2.46. The molecule has 0 unspecified atom stereocenters. The number of amides is 1. The number of carbonyl (C=O) groups excluding carboxylic acids is 1. The van der Waals surface area contributed by atoms with Gasteiger partial charge in [-0.2, -0.15) is 0 Å². The first-order valence-electron chi connectivity index (χ1n) is 4.90. The van der Waals surface area contributed by atoms with Crippen LogP contribution in [0.4, 0.5) is 0 Å². The van der Waals surface area contributed by atoms with Crippen molar-refractivity contribution < 1.29 is 14.7 Å². The number of nitrogens with two attached hydrogens (primary N) is 1. The molecule has 0 spiro atoms. The van der Waals surface area contributed by atoms with Gasteiger partial charge in [0.05, 0.1) is 0 Å². The zero-order valence-electron chi connectivity index (χ0n) is 9.25. The van der Waals surface area contributed by atoms with E-state index in [9.17, 15) is 9.59 Å². The molecule has 0 rings (SSSR count). The van der Waals surface area contributed by atoms with Crippen LogP contribution in [0, 0.1) is 5.92 Å². The molecule has 0 saturated heterocycles. The van der Waals surface area contributed by atoms with Crippen LogP contribution in [0.1, 0.15) is 46.5 Å². The number of carbonyl (C=O) groups is 2. The minimum Gasteiger partial charge on any atom is -0.481 e. The molecule has 0 aromatic rings. The fourth-order valence-electron chi connectivity index (χ4n) is 0.659. The highest BCUT2D eigenvalue weighted by molar-refractivity contribution is 5.73. The van der Waals surface area contributed by atoms with Gasteiger partial charge in [-0.3, -0.25) is 9.59 Å². The highest BCUT2D eigenvalue weighted by atomic mass is 16.4. The second-order valence-corrected chi connectivity index (χ2v) is 3.54. The smallest absolute Gasteiger partial charge is 0.303 e. The van der Waals surface area contributed by atoms with Crippen molar-refractivity contribution in [3.05, 3.63) is 0 Å². The molecule has 0 heterocycles. The van der Waals surface area contributed by atoms with E-state index in [1.54, 1.807) is 0 Å². The summed E-state index contributed by atoms with van der Waals surface area (Å²) in [5.74, 6) is -0.401. The van der Waals surface area contributed by atoms with Crippen molar-refractivity contribution in [1.82, 2.24) is 0 Å². The zero-order valence-corrected chi connectivity index (χ0v) is 9.25. The third kappa shape index (κ3) is 22.4. The van der Waals surface area contributed by atoms with Crippen LogP contribution in [-0.2, 0) is 9.59 Å². The van der Waals surface area contributed by atoms with E-state index in [2.05, 4.69) is 0 Å². The van der Waals surface area contributed by atoms with Crippen molar-refractivity contribution in [1.29, 1.82) is 0 Å². The van der Waals surface area contributed by atoms with Crippen LogP contribution in [0.25, 0.3) is 0 Å². The first-order valence-corrected chi connectivity index (χ1v) is 4.90. The molecule has 0 aromatic carbocycles. The molecular weight excluding hydrogens is 182 g/mol. The average Bonchev–Trinajstić information content (AvgIpc) is 2.01. The van der Waals surface area contributed by atoms with Gasteiger partial charge in [-0.1, -0.05) is 20.8 Å². The summed E-state index contributed by atoms with van der Waals surface area (Å²) in [5, 5.41) is 8.16. The SMILES string of the molecule is CC(C)CCC(=O)O.CCCC(N)=O. The molecule has 3 N–H and O–H groups in total. The zero-order chi connectivity index (χ0) is 11.6. The highest BCUT2D eigenvalue weighted by Crippen LogP contribution is 2.01. The van der Waals surface area contributed by atoms with E-state index in [-0.39, 0.29) is 5.91 Å². The van der Waals surface area contributed by atoms with Crippen molar-refractivity contribution in [3.8, 4) is 0 Å². The monoisotopic (exact) mass is 203 g/mol. The predicted octanol–water partition coefficient (Wildman–Crippen LogP) is 1.78. The Hall–Kier alpha value is -1.06. The van der Waals surface area contributed by atoms with Crippen molar-refractivity contribution in [2.75, 3.05) is 0 Å². The minimum atomic E-state index is -0.696. The second-order valence-electron chi connectivity index (χ2n) is 3.54. The fourth-order valence-corrected chi connectivity index (χ4v) is 0.659. The number of aliphatic carboxylic acids is 1. The van der Waals surface area contributed by atoms with E-state index in [0.717, 1.165) is 12.8 Å². The maximum atomic E-state index is 9.90. The Labute approximate surface area is 85.5 Å². The van der Waals surface area contributed by atoms with Crippen LogP contribution in [0.5, 0.6) is 0 Å². The third-order valence-electron chi connectivity index (χ3n) is 1.43. The predicted molar refractivity (Wildman–Crippen MR) is 55.8 cm³/mol. The van der Waals surface area contributed by atoms with Gasteiger partial charge in [-0.25, -0.2) is 0 Å². The van der Waals surface area contributed by atoms with Crippen LogP contribution in [0.3, 0.4) is 0 Å². The summed E-state index contributed by atoms with van der Waals surface area (Å²) < 4.78 is 0. The van der Waals surface area contributed by atoms with Crippen LogP contribution < -0.4 is 5.73 Å². The van der Waals surface area contributed by atoms with Crippen LogP contribution >= 0.6 is 0 Å². The number of carboxylic acid groups (broad SMARTS) is 1. The number of rotatable bonds is 5. The molecular formula is C10H21NO3. The van der Waals surface area contributed by atoms with E-state index < -0.39 is 5.97 Å². The van der Waals surface area contributed by atoms with E-state index in [4.69, 9.17) is 10.8 Å². The maximum Gasteiger partial charge on any atom is 0.303 e. The number of carboxylic acids is 1. The lowest BCUT2D eigenvalue weighted by Gasteiger charge is -1.97. The van der Waals surface area contributed by atoms with Gasteiger partial charge < -0.3 is 10.8 Å². The average molecular weight is 203 g/mol. The molecule has 4 heteroatoms. The fraction of sp³-hybridized carbons (Fsp3) is 0.800. The van der Waals surface area contributed by atoms with Gasteiger partial charge in [0.15, 0.2) is 0 Å². The van der Waals surface area contributed by atoms with E-state index in [1.807, 2.05) is 20.8 Å². The summed E-state index contributed by atoms with van der Waals surface area (Å²) >= 11 is 0. The normalized spacial score (nSPS) is 9.14. The molecule has 0 aliphatic carbocycles. The van der Waals surface area contributed by atoms with Crippen LogP contribution in [0.2, 0.25) is 0 Å². The molecule has 14 heavy (non-hydrogen) atoms. The lowest BCUT2D eigenvalue weighted by molar-refractivity contribution is -0.137. The summed E-state index contributed by atoms with van der Waals surface area (Å²) in [5.41, 5.74) is 4.76. The van der Waals surface area contributed by atoms with Crippen LogP contribution in [-0.4, -0.2) is 17.0 Å². The van der Waals surface area contributed by atoms with Crippen LogP contribution in [0.15, 0.2) is 0 Å². The summed E-state index contributed by atoms with van der Waals surface area (Å²) in [7, 11) is 0. The molecule has 1 amide bonds. The quantitative estimate of drug-likeness (QED) is 0.714. The number of hydrogen-bond acceptors (Lipinski definition) is 2. The van der Waals surface area contributed by atoms with Gasteiger partial charge in [0.25, 0.3) is 0 Å². The molecule has 0 fully saturated rings. The lowest BCUT2D eigenvalue weighted by atomic mass is 10.1. The minimum absolute atomic E-state index is 0.211. The van der Waals surface area contributed by atoms with Crippen molar-refractivity contribution >= 4 is 11.9 Å². The Balaban J connectivity index is 0. The number of primary amides is 1. The Morgan fingerprint density at radius 2 is 1.79 bits per heavy atom. The molecule has 0 aliphatic heterocycles. The maximum absolute atomic E-state index is 9.90. The first kappa shape index (κ1) is 15.4. The first-order chi connectivity index (χ1) is 6.40. The third-order valence-corrected chi connectivity index (χ3v) is 1.43. The van der Waals surface area contributed by atoms with Gasteiger partial charge in [-0.05, 0) is 18.8 Å². The van der Waals surface area contributed by atoms with E-state index in [0.29, 0.717) is 18.8 Å². The Kier molecular flexibility index (Phi) is 11.0. The van der Waals surface area contributed by atoms with Gasteiger partial charge in [-0.15, -0.1) is 0 Å². The molecule has 0 radical (unpaired) electrons. The molecule has 0 bridgehead atoms. The van der Waals surface area contributed by atoms with Gasteiger partial charge >= 0.3 is 5.97 Å². The molecule has 4 nitrogen and oxygen atoms in total. The van der Waals surface area contributed by atoms with Crippen molar-refractivity contribution in [2.45, 2.75) is 46.5 Å². The number of hydrogen-bond donors (Lipinski definition) is 2. The standard InChI is InChI=1S/C6H12O2.C4H9NO/c1-5(2)3-4-6(7)8;1-2-3-4(5)6/h5H,3-4H2,1-2H3,(H,7,8);2-3H2,1H3,(H2,5,6). The molecule has 84 valence electrons. The topological polar surface area (TPSA) is 80.4 Å². The molecule has 0 aromatic heterocycles. The summed E-state index contributed by atoms with van der Waals surface area (Å²) in [6, 6.07) is 0. The highest BCUT2D eigenvalue weighted by Gasteiger charge is 1.97.